The lowest BCUT2D eigenvalue weighted by Gasteiger charge is -2.26. The fraction of sp³-hybridized carbons (Fsp3) is 0.400. The smallest absolute Gasteiger partial charge is 0.347 e. The summed E-state index contributed by atoms with van der Waals surface area (Å²) in [5, 5.41) is 10.1. The van der Waals surface area contributed by atoms with Crippen LogP contribution in [0, 0.1) is 0 Å². The van der Waals surface area contributed by atoms with Crippen molar-refractivity contribution in [3.63, 3.8) is 0 Å². The van der Waals surface area contributed by atoms with Gasteiger partial charge in [-0.25, -0.2) is 14.8 Å². The highest BCUT2D eigenvalue weighted by molar-refractivity contribution is 5.77. The van der Waals surface area contributed by atoms with Gasteiger partial charge in [0.25, 0.3) is 5.56 Å². The molecule has 3 aromatic rings. The van der Waals surface area contributed by atoms with Crippen molar-refractivity contribution in [2.45, 2.75) is 32.0 Å². The number of fused-ring (bicyclic) bond motifs is 1. The number of benzene rings is 1. The molecule has 8 nitrogen and oxygen atoms in total. The molecule has 1 aliphatic rings. The molecule has 0 spiro atoms. The number of likely N-dealkylation sites (tertiary alicyclic amines) is 1. The molecule has 8 heteroatoms. The van der Waals surface area contributed by atoms with Crippen molar-refractivity contribution in [2.75, 3.05) is 13.2 Å². The first-order valence-electron chi connectivity index (χ1n) is 9.44. The maximum absolute atomic E-state index is 13.0. The fourth-order valence-electron chi connectivity index (χ4n) is 3.95. The number of hydrogen-bond donors (Lipinski definition) is 1. The molecule has 2 aromatic heterocycles. The highest BCUT2D eigenvalue weighted by atomic mass is 16.3. The van der Waals surface area contributed by atoms with Crippen LogP contribution in [-0.2, 0) is 20.1 Å². The van der Waals surface area contributed by atoms with Crippen LogP contribution in [0.1, 0.15) is 30.3 Å². The third-order valence-electron chi connectivity index (χ3n) is 5.26. The topological polar surface area (TPSA) is 93.2 Å². The van der Waals surface area contributed by atoms with Gasteiger partial charge in [-0.3, -0.25) is 14.3 Å². The number of rotatable bonds is 5. The van der Waals surface area contributed by atoms with Crippen LogP contribution in [-0.4, -0.2) is 42.3 Å². The second-order valence-corrected chi connectivity index (χ2v) is 7.15. The van der Waals surface area contributed by atoms with Crippen LogP contribution < -0.4 is 11.2 Å². The zero-order chi connectivity index (χ0) is 19.7. The van der Waals surface area contributed by atoms with Crippen LogP contribution in [0.5, 0.6) is 0 Å². The van der Waals surface area contributed by atoms with Crippen molar-refractivity contribution < 1.29 is 5.11 Å². The van der Waals surface area contributed by atoms with Crippen LogP contribution >= 0.6 is 0 Å². The van der Waals surface area contributed by atoms with Crippen molar-refractivity contribution in [3.8, 4) is 0 Å². The van der Waals surface area contributed by atoms with E-state index in [0.29, 0.717) is 23.3 Å². The Morgan fingerprint density at radius 3 is 2.86 bits per heavy atom. The summed E-state index contributed by atoms with van der Waals surface area (Å²) in [4.78, 5) is 35.5. The minimum absolute atomic E-state index is 0.0268. The summed E-state index contributed by atoms with van der Waals surface area (Å²) in [6.07, 6.45) is 5.27. The van der Waals surface area contributed by atoms with Gasteiger partial charge in [0.05, 0.1) is 30.1 Å². The number of aromatic nitrogens is 4. The SMILES string of the molecule is Cn1cc(CN2CCCC2c2nc3ccccc3c(=O)n2CCO)cnc1=O. The maximum Gasteiger partial charge on any atom is 0.347 e. The highest BCUT2D eigenvalue weighted by Gasteiger charge is 2.30. The number of hydrogen-bond acceptors (Lipinski definition) is 6. The molecule has 0 aliphatic carbocycles. The second-order valence-electron chi connectivity index (χ2n) is 7.15. The van der Waals surface area contributed by atoms with Gasteiger partial charge in [-0.05, 0) is 31.5 Å². The van der Waals surface area contributed by atoms with Crippen molar-refractivity contribution in [2.24, 2.45) is 7.05 Å². The molecule has 146 valence electrons. The molecule has 0 radical (unpaired) electrons. The average Bonchev–Trinajstić information content (AvgIpc) is 3.15. The number of aryl methyl sites for hydroxylation is 1. The van der Waals surface area contributed by atoms with Crippen LogP contribution in [0.15, 0.2) is 46.2 Å². The van der Waals surface area contributed by atoms with Crippen molar-refractivity contribution in [3.05, 3.63) is 68.9 Å². The fourth-order valence-corrected chi connectivity index (χ4v) is 3.95. The zero-order valence-electron chi connectivity index (χ0n) is 15.8. The first kappa shape index (κ1) is 18.5. The highest BCUT2D eigenvalue weighted by Crippen LogP contribution is 2.32. The van der Waals surface area contributed by atoms with E-state index < -0.39 is 0 Å². The lowest BCUT2D eigenvalue weighted by atomic mass is 10.1. The van der Waals surface area contributed by atoms with Gasteiger partial charge < -0.3 is 9.67 Å². The predicted octanol–water partition coefficient (Wildman–Crippen LogP) is 0.820. The van der Waals surface area contributed by atoms with E-state index in [9.17, 15) is 14.7 Å². The summed E-state index contributed by atoms with van der Waals surface area (Å²) >= 11 is 0. The molecule has 0 saturated carbocycles. The van der Waals surface area contributed by atoms with E-state index in [0.717, 1.165) is 24.9 Å². The Morgan fingerprint density at radius 2 is 2.07 bits per heavy atom. The molecular weight excluding hydrogens is 358 g/mol. The van der Waals surface area contributed by atoms with Crippen LogP contribution in [0.3, 0.4) is 0 Å². The molecule has 1 aromatic carbocycles. The number of aliphatic hydroxyl groups is 1. The molecule has 1 fully saturated rings. The summed E-state index contributed by atoms with van der Waals surface area (Å²) in [5.74, 6) is 0.688. The quantitative estimate of drug-likeness (QED) is 0.703. The molecule has 4 rings (SSSR count). The molecule has 1 N–H and O–H groups in total. The van der Waals surface area contributed by atoms with Gasteiger partial charge in [0.15, 0.2) is 0 Å². The van der Waals surface area contributed by atoms with E-state index in [2.05, 4.69) is 9.88 Å². The number of para-hydroxylation sites is 1. The Bertz CT molecular complexity index is 1120. The molecule has 1 unspecified atom stereocenters. The maximum atomic E-state index is 13.0. The molecule has 1 saturated heterocycles. The summed E-state index contributed by atoms with van der Waals surface area (Å²) in [6, 6.07) is 7.28. The third-order valence-corrected chi connectivity index (χ3v) is 5.26. The summed E-state index contributed by atoms with van der Waals surface area (Å²) in [5.41, 5.74) is 1.21. The van der Waals surface area contributed by atoms with Gasteiger partial charge in [-0.2, -0.15) is 0 Å². The molecular formula is C20H23N5O3. The summed E-state index contributed by atoms with van der Waals surface area (Å²) in [6.45, 7) is 1.59. The summed E-state index contributed by atoms with van der Waals surface area (Å²) < 4.78 is 3.07. The average molecular weight is 381 g/mol. The van der Waals surface area contributed by atoms with Crippen LogP contribution in [0.25, 0.3) is 10.9 Å². The number of aliphatic hydroxyl groups excluding tert-OH is 1. The Kier molecular flexibility index (Phi) is 5.06. The molecule has 3 heterocycles. The molecule has 1 atom stereocenters. The van der Waals surface area contributed by atoms with Crippen molar-refractivity contribution >= 4 is 10.9 Å². The monoisotopic (exact) mass is 381 g/mol. The Balaban J connectivity index is 1.75. The van der Waals surface area contributed by atoms with E-state index in [1.807, 2.05) is 18.2 Å². The van der Waals surface area contributed by atoms with Crippen LogP contribution in [0.4, 0.5) is 0 Å². The molecule has 1 aliphatic heterocycles. The molecule has 28 heavy (non-hydrogen) atoms. The minimum Gasteiger partial charge on any atom is -0.395 e. The Labute approximate surface area is 161 Å². The lowest BCUT2D eigenvalue weighted by molar-refractivity contribution is 0.222. The summed E-state index contributed by atoms with van der Waals surface area (Å²) in [7, 11) is 1.68. The second kappa shape index (κ2) is 7.65. The Hall–Kier alpha value is -2.84. The normalized spacial score (nSPS) is 17.4. The molecule has 0 bridgehead atoms. The van der Waals surface area contributed by atoms with E-state index in [-0.39, 0.29) is 30.4 Å². The zero-order valence-corrected chi connectivity index (χ0v) is 15.8. The van der Waals surface area contributed by atoms with Gasteiger partial charge in [0.2, 0.25) is 0 Å². The van der Waals surface area contributed by atoms with E-state index in [1.165, 1.54) is 4.57 Å². The van der Waals surface area contributed by atoms with Gasteiger partial charge in [-0.1, -0.05) is 12.1 Å². The van der Waals surface area contributed by atoms with Gasteiger partial charge in [0.1, 0.15) is 5.82 Å². The predicted molar refractivity (Wildman–Crippen MR) is 105 cm³/mol. The van der Waals surface area contributed by atoms with Crippen molar-refractivity contribution in [1.82, 2.24) is 24.0 Å². The van der Waals surface area contributed by atoms with E-state index in [1.54, 1.807) is 30.1 Å². The van der Waals surface area contributed by atoms with Gasteiger partial charge >= 0.3 is 5.69 Å². The van der Waals surface area contributed by atoms with Gasteiger partial charge in [0, 0.05) is 31.5 Å². The first-order chi connectivity index (χ1) is 13.6. The third kappa shape index (κ3) is 3.36. The van der Waals surface area contributed by atoms with E-state index >= 15 is 0 Å². The number of nitrogens with zero attached hydrogens (tertiary/aromatic N) is 5. The Morgan fingerprint density at radius 1 is 1.25 bits per heavy atom. The largest absolute Gasteiger partial charge is 0.395 e. The van der Waals surface area contributed by atoms with Crippen molar-refractivity contribution in [1.29, 1.82) is 0 Å². The molecule has 0 amide bonds. The minimum atomic E-state index is -0.283. The first-order valence-corrected chi connectivity index (χ1v) is 9.44. The van der Waals surface area contributed by atoms with E-state index in [4.69, 9.17) is 4.98 Å². The lowest BCUT2D eigenvalue weighted by Crippen LogP contribution is -2.33. The standard InChI is InChI=1S/C20H23N5O3/c1-23-12-14(11-21-20(23)28)13-24-8-4-7-17(24)18-22-16-6-3-2-5-15(16)19(27)25(18)9-10-26/h2-3,5-6,11-12,17,26H,4,7-10,13H2,1H3. The van der Waals surface area contributed by atoms with Crippen LogP contribution in [0.2, 0.25) is 0 Å². The van der Waals surface area contributed by atoms with Gasteiger partial charge in [-0.15, -0.1) is 0 Å².